The molecule has 0 fully saturated rings. The third-order valence-corrected chi connectivity index (χ3v) is 6.65. The van der Waals surface area contributed by atoms with Crippen molar-refractivity contribution >= 4 is 23.2 Å². The zero-order valence-corrected chi connectivity index (χ0v) is 20.0. The van der Waals surface area contributed by atoms with Crippen molar-refractivity contribution in [3.63, 3.8) is 0 Å². The summed E-state index contributed by atoms with van der Waals surface area (Å²) in [5, 5.41) is 6.85. The van der Waals surface area contributed by atoms with Gasteiger partial charge < -0.3 is 24.3 Å². The predicted octanol–water partition coefficient (Wildman–Crippen LogP) is 2.48. The number of nitrogens with one attached hydrogen (secondary N) is 1. The third-order valence-electron chi connectivity index (χ3n) is 5.92. The Labute approximate surface area is 201 Å². The lowest BCUT2D eigenvalue weighted by atomic mass is 10.1. The monoisotopic (exact) mass is 481 g/mol. The number of aromatic nitrogens is 1. The molecule has 0 bridgehead atoms. The number of benzene rings is 1. The van der Waals surface area contributed by atoms with E-state index < -0.39 is 0 Å². The molecule has 178 valence electrons. The molecule has 0 unspecified atom stereocenters. The van der Waals surface area contributed by atoms with Gasteiger partial charge in [0.1, 0.15) is 17.1 Å². The zero-order chi connectivity index (χ0) is 24.1. The van der Waals surface area contributed by atoms with Crippen LogP contribution in [0.4, 0.5) is 0 Å². The lowest BCUT2D eigenvalue weighted by Crippen LogP contribution is -2.35. The summed E-state index contributed by atoms with van der Waals surface area (Å²) in [4.78, 5) is 40.7. The van der Waals surface area contributed by atoms with Gasteiger partial charge in [-0.2, -0.15) is 11.3 Å². The van der Waals surface area contributed by atoms with Crippen LogP contribution in [-0.4, -0.2) is 48.6 Å². The van der Waals surface area contributed by atoms with Crippen molar-refractivity contribution in [2.24, 2.45) is 0 Å². The summed E-state index contributed by atoms with van der Waals surface area (Å²) in [6.07, 6.45) is 0.608. The van der Waals surface area contributed by atoms with E-state index in [9.17, 15) is 14.4 Å². The first kappa shape index (κ1) is 23.6. The van der Waals surface area contributed by atoms with Gasteiger partial charge in [-0.05, 0) is 40.1 Å². The van der Waals surface area contributed by atoms with E-state index in [-0.39, 0.29) is 29.5 Å². The van der Waals surface area contributed by atoms with E-state index in [1.54, 1.807) is 27.9 Å². The molecule has 0 saturated heterocycles. The maximum atomic E-state index is 13.1. The molecule has 1 N–H and O–H groups in total. The molecule has 1 aliphatic rings. The van der Waals surface area contributed by atoms with Gasteiger partial charge in [-0.3, -0.25) is 14.4 Å². The van der Waals surface area contributed by atoms with Crippen LogP contribution in [0, 0.1) is 0 Å². The molecule has 2 amide bonds. The first-order valence-electron chi connectivity index (χ1n) is 11.0. The number of amides is 2. The van der Waals surface area contributed by atoms with Crippen LogP contribution in [0.5, 0.6) is 11.5 Å². The average molecular weight is 482 g/mol. The minimum atomic E-state index is -0.303. The van der Waals surface area contributed by atoms with Crippen molar-refractivity contribution in [1.29, 1.82) is 0 Å². The molecular weight excluding hydrogens is 454 g/mol. The van der Waals surface area contributed by atoms with Crippen LogP contribution >= 0.6 is 11.3 Å². The SMILES string of the molecule is COc1cccc(CC(=O)N2CCc3c(C(=O)NCc4ccsc4)c(OC)cc(=O)n3CC2)c1. The molecule has 9 heteroatoms. The van der Waals surface area contributed by atoms with Crippen LogP contribution < -0.4 is 20.3 Å². The fourth-order valence-electron chi connectivity index (χ4n) is 4.14. The molecule has 1 aliphatic heterocycles. The Balaban J connectivity index is 1.54. The number of rotatable bonds is 7. The van der Waals surface area contributed by atoms with Gasteiger partial charge in [0.05, 0.1) is 20.6 Å². The Hall–Kier alpha value is -3.59. The number of hydrogen-bond acceptors (Lipinski definition) is 6. The van der Waals surface area contributed by atoms with E-state index in [0.717, 1.165) is 11.1 Å². The molecule has 0 saturated carbocycles. The highest BCUT2D eigenvalue weighted by Crippen LogP contribution is 2.23. The van der Waals surface area contributed by atoms with E-state index in [0.29, 0.717) is 49.6 Å². The van der Waals surface area contributed by atoms with Gasteiger partial charge in [0, 0.05) is 44.4 Å². The van der Waals surface area contributed by atoms with E-state index in [1.165, 1.54) is 13.2 Å². The highest BCUT2D eigenvalue weighted by molar-refractivity contribution is 7.07. The number of fused-ring (bicyclic) bond motifs is 1. The molecule has 0 aliphatic carbocycles. The lowest BCUT2D eigenvalue weighted by Gasteiger charge is -2.20. The fraction of sp³-hybridized carbons (Fsp3) is 0.320. The number of ether oxygens (including phenoxy) is 2. The zero-order valence-electron chi connectivity index (χ0n) is 19.2. The number of carbonyl (C=O) groups is 2. The summed E-state index contributed by atoms with van der Waals surface area (Å²) in [6, 6.07) is 10.7. The topological polar surface area (TPSA) is 89.9 Å². The number of carbonyl (C=O) groups excluding carboxylic acids is 2. The minimum Gasteiger partial charge on any atom is -0.497 e. The maximum absolute atomic E-state index is 13.1. The summed E-state index contributed by atoms with van der Waals surface area (Å²) in [6.45, 7) is 1.49. The van der Waals surface area contributed by atoms with E-state index in [1.807, 2.05) is 41.1 Å². The normalized spacial score (nSPS) is 13.1. The fourth-order valence-corrected chi connectivity index (χ4v) is 4.81. The molecule has 34 heavy (non-hydrogen) atoms. The molecule has 3 aromatic rings. The first-order valence-corrected chi connectivity index (χ1v) is 11.9. The Morgan fingerprint density at radius 2 is 1.91 bits per heavy atom. The first-order chi connectivity index (χ1) is 16.5. The summed E-state index contributed by atoms with van der Waals surface area (Å²) < 4.78 is 12.2. The van der Waals surface area contributed by atoms with Crippen LogP contribution in [0.15, 0.2) is 52.0 Å². The maximum Gasteiger partial charge on any atom is 0.257 e. The Morgan fingerprint density at radius 1 is 1.06 bits per heavy atom. The van der Waals surface area contributed by atoms with Gasteiger partial charge in [-0.1, -0.05) is 12.1 Å². The Kier molecular flexibility index (Phi) is 7.32. The summed E-state index contributed by atoms with van der Waals surface area (Å²) in [5.41, 5.74) is 2.55. The van der Waals surface area contributed by atoms with E-state index in [2.05, 4.69) is 5.32 Å². The molecule has 0 spiro atoms. The van der Waals surface area contributed by atoms with Crippen molar-refractivity contribution in [3.05, 3.63) is 79.9 Å². The standard InChI is InChI=1S/C25H27N3O5S/c1-32-19-5-3-4-17(12-19)13-22(29)27-8-6-20-24(25(31)26-15-18-7-11-34-16-18)21(33-2)14-23(30)28(20)10-9-27/h3-5,7,11-12,14,16H,6,8-10,13,15H2,1-2H3,(H,26,31). The van der Waals surface area contributed by atoms with E-state index >= 15 is 0 Å². The van der Waals surface area contributed by atoms with Crippen LogP contribution in [0.1, 0.15) is 27.2 Å². The second kappa shape index (κ2) is 10.6. The van der Waals surface area contributed by atoms with E-state index in [4.69, 9.17) is 9.47 Å². The molecule has 0 atom stereocenters. The van der Waals surface area contributed by atoms with Gasteiger partial charge >= 0.3 is 0 Å². The molecular formula is C25H27N3O5S. The molecule has 3 heterocycles. The molecule has 0 radical (unpaired) electrons. The van der Waals surface area contributed by atoms with Crippen molar-refractivity contribution in [2.75, 3.05) is 27.3 Å². The second-order valence-electron chi connectivity index (χ2n) is 8.00. The quantitative estimate of drug-likeness (QED) is 0.560. The highest BCUT2D eigenvalue weighted by Gasteiger charge is 2.26. The molecule has 8 nitrogen and oxygen atoms in total. The van der Waals surface area contributed by atoms with Crippen LogP contribution in [0.2, 0.25) is 0 Å². The van der Waals surface area contributed by atoms with Crippen molar-refractivity contribution in [3.8, 4) is 11.5 Å². The van der Waals surface area contributed by atoms with Crippen molar-refractivity contribution in [1.82, 2.24) is 14.8 Å². The molecule has 4 rings (SSSR count). The lowest BCUT2D eigenvalue weighted by molar-refractivity contribution is -0.130. The van der Waals surface area contributed by atoms with Crippen LogP contribution in [0.25, 0.3) is 0 Å². The largest absolute Gasteiger partial charge is 0.497 e. The third kappa shape index (κ3) is 5.14. The number of thiophene rings is 1. The number of pyridine rings is 1. The average Bonchev–Trinajstić information content (AvgIpc) is 3.27. The molecule has 2 aromatic heterocycles. The van der Waals surface area contributed by atoms with Crippen LogP contribution in [-0.2, 0) is 30.7 Å². The van der Waals surface area contributed by atoms with Gasteiger partial charge in [-0.25, -0.2) is 0 Å². The summed E-state index contributed by atoms with van der Waals surface area (Å²) in [7, 11) is 3.04. The summed E-state index contributed by atoms with van der Waals surface area (Å²) >= 11 is 1.56. The van der Waals surface area contributed by atoms with Crippen molar-refractivity contribution < 1.29 is 19.1 Å². The predicted molar refractivity (Wildman–Crippen MR) is 130 cm³/mol. The number of nitrogens with zero attached hydrogens (tertiary/aromatic N) is 2. The van der Waals surface area contributed by atoms with Gasteiger partial charge in [0.15, 0.2) is 0 Å². The van der Waals surface area contributed by atoms with Crippen LogP contribution in [0.3, 0.4) is 0 Å². The Morgan fingerprint density at radius 3 is 2.65 bits per heavy atom. The highest BCUT2D eigenvalue weighted by atomic mass is 32.1. The Bertz CT molecular complexity index is 1240. The second-order valence-corrected chi connectivity index (χ2v) is 8.78. The van der Waals surface area contributed by atoms with Crippen molar-refractivity contribution in [2.45, 2.75) is 25.9 Å². The minimum absolute atomic E-state index is 0.0375. The number of hydrogen-bond donors (Lipinski definition) is 1. The number of methoxy groups -OCH3 is 2. The van der Waals surface area contributed by atoms with Gasteiger partial charge in [0.2, 0.25) is 5.91 Å². The summed E-state index contributed by atoms with van der Waals surface area (Å²) in [5.74, 6) is 0.605. The molecule has 1 aromatic carbocycles. The van der Waals surface area contributed by atoms with Gasteiger partial charge in [-0.15, -0.1) is 0 Å². The smallest absolute Gasteiger partial charge is 0.257 e. The van der Waals surface area contributed by atoms with Gasteiger partial charge in [0.25, 0.3) is 11.5 Å².